The summed E-state index contributed by atoms with van der Waals surface area (Å²) in [6.45, 7) is 1.06. The number of aromatic nitrogens is 2. The first kappa shape index (κ1) is 44.6. The van der Waals surface area contributed by atoms with Gasteiger partial charge >= 0.3 is 0 Å². The van der Waals surface area contributed by atoms with Crippen molar-refractivity contribution in [2.75, 3.05) is 6.54 Å². The van der Waals surface area contributed by atoms with Crippen LogP contribution in [0.25, 0.3) is 22.9 Å². The average Bonchev–Trinajstić information content (AvgIpc) is 4.21. The number of aliphatic hydroxyl groups is 1. The molecule has 8 aliphatic rings. The Balaban J connectivity index is 0.889. The van der Waals surface area contributed by atoms with Gasteiger partial charge < -0.3 is 46.3 Å². The number of hydrogen-bond acceptors (Lipinski definition) is 9. The number of benzene rings is 4. The van der Waals surface area contributed by atoms with Crippen LogP contribution in [0.4, 0.5) is 0 Å². The SMILES string of the molecule is Oc1ccc(C=Cc2c(CCc3ccc(C4CC5(CCNC6(CCCC6)C5)C5CC6CCCC67CCC68CCCC6C=CC(O)C8C7(c6cnc[nH]6)C5N4)cc3)c(O)c(O)c3c(O)cccc23)cc1O. The van der Waals surface area contributed by atoms with E-state index < -0.39 is 6.10 Å². The molecule has 9 N–H and O–H groups in total. The predicted molar refractivity (Wildman–Crippen MR) is 272 cm³/mol. The number of aliphatic hydroxyl groups excluding tert-OH is 1. The van der Waals surface area contributed by atoms with E-state index in [2.05, 4.69) is 58.2 Å². The van der Waals surface area contributed by atoms with Gasteiger partial charge in [-0.15, -0.1) is 0 Å². The minimum absolute atomic E-state index is 0.0740. The Morgan fingerprint density at radius 2 is 1.60 bits per heavy atom. The summed E-state index contributed by atoms with van der Waals surface area (Å²) < 4.78 is 0. The van der Waals surface area contributed by atoms with Crippen LogP contribution in [0.2, 0.25) is 0 Å². The summed E-state index contributed by atoms with van der Waals surface area (Å²) in [6, 6.07) is 19.1. The number of aromatic hydroxyl groups is 5. The number of allylic oxidation sites excluding steroid dienone is 1. The van der Waals surface area contributed by atoms with Gasteiger partial charge in [0.15, 0.2) is 23.0 Å². The van der Waals surface area contributed by atoms with Gasteiger partial charge in [0, 0.05) is 46.4 Å². The molecule has 5 saturated carbocycles. The van der Waals surface area contributed by atoms with Crippen LogP contribution in [0.5, 0.6) is 28.7 Å². The average molecular weight is 943 g/mol. The van der Waals surface area contributed by atoms with Gasteiger partial charge in [0.2, 0.25) is 0 Å². The molecule has 70 heavy (non-hydrogen) atoms. The lowest BCUT2D eigenvalue weighted by Crippen LogP contribution is -2.78. The normalized spacial score (nSPS) is 36.0. The number of aryl methyl sites for hydroxylation is 1. The van der Waals surface area contributed by atoms with E-state index in [9.17, 15) is 30.6 Å². The van der Waals surface area contributed by atoms with Crippen LogP contribution in [-0.2, 0) is 18.3 Å². The largest absolute Gasteiger partial charge is 0.507 e. The van der Waals surface area contributed by atoms with E-state index in [4.69, 9.17) is 4.98 Å². The van der Waals surface area contributed by atoms with Crippen LogP contribution in [-0.4, -0.2) is 64.8 Å². The molecule has 11 unspecified atom stereocenters. The molecule has 1 aromatic heterocycles. The second kappa shape index (κ2) is 16.4. The molecule has 2 saturated heterocycles. The van der Waals surface area contributed by atoms with Crippen LogP contribution in [0.15, 0.2) is 85.3 Å². The Bertz CT molecular complexity index is 2890. The van der Waals surface area contributed by atoms with Crippen molar-refractivity contribution in [1.82, 2.24) is 20.6 Å². The molecular formula is C60H70N4O6. The maximum atomic E-state index is 12.9. The minimum Gasteiger partial charge on any atom is -0.507 e. The number of phenols is 5. The zero-order chi connectivity index (χ0) is 47.6. The quantitative estimate of drug-likeness (QED) is 0.0437. The molecule has 0 bridgehead atoms. The third-order valence-corrected chi connectivity index (χ3v) is 21.1. The first-order valence-electron chi connectivity index (χ1n) is 26.8. The summed E-state index contributed by atoms with van der Waals surface area (Å²) in [5.74, 6) is 0.531. The number of rotatable bonds is 7. The highest BCUT2D eigenvalue weighted by Crippen LogP contribution is 2.79. The smallest absolute Gasteiger partial charge is 0.169 e. The molecule has 3 heterocycles. The second-order valence-electron chi connectivity index (χ2n) is 23.7. The zero-order valence-corrected chi connectivity index (χ0v) is 40.3. The van der Waals surface area contributed by atoms with Crippen LogP contribution >= 0.6 is 0 Å². The van der Waals surface area contributed by atoms with Crippen LogP contribution in [0.1, 0.15) is 142 Å². The molecule has 11 atom stereocenters. The van der Waals surface area contributed by atoms with E-state index >= 15 is 0 Å². The third-order valence-electron chi connectivity index (χ3n) is 21.1. The predicted octanol–water partition coefficient (Wildman–Crippen LogP) is 11.0. The van der Waals surface area contributed by atoms with Crippen molar-refractivity contribution in [3.05, 3.63) is 119 Å². The van der Waals surface area contributed by atoms with E-state index in [0.29, 0.717) is 52.7 Å². The lowest BCUT2D eigenvalue weighted by molar-refractivity contribution is -0.218. The monoisotopic (exact) mass is 943 g/mol. The molecule has 7 fully saturated rings. The summed E-state index contributed by atoms with van der Waals surface area (Å²) in [5.41, 5.74) is 5.73. The van der Waals surface area contributed by atoms with Gasteiger partial charge in [0.05, 0.1) is 17.8 Å². The molecule has 5 aromatic rings. The van der Waals surface area contributed by atoms with Gasteiger partial charge in [-0.05, 0) is 176 Å². The van der Waals surface area contributed by atoms with Crippen molar-refractivity contribution in [2.24, 2.45) is 39.9 Å². The Morgan fingerprint density at radius 1 is 0.757 bits per heavy atom. The molecule has 0 radical (unpaired) electrons. The first-order chi connectivity index (χ1) is 34.0. The summed E-state index contributed by atoms with van der Waals surface area (Å²) in [5, 5.41) is 76.4. The second-order valence-corrected chi connectivity index (χ2v) is 23.7. The highest BCUT2D eigenvalue weighted by Gasteiger charge is 2.78. The molecule has 10 heteroatoms. The van der Waals surface area contributed by atoms with E-state index in [1.807, 2.05) is 18.5 Å². The highest BCUT2D eigenvalue weighted by molar-refractivity contribution is 6.03. The number of fused-ring (bicyclic) bond motifs is 5. The number of aromatic amines is 1. The lowest BCUT2D eigenvalue weighted by Gasteiger charge is -2.75. The van der Waals surface area contributed by atoms with E-state index in [1.54, 1.807) is 18.2 Å². The van der Waals surface area contributed by atoms with E-state index in [0.717, 1.165) is 18.5 Å². The highest BCUT2D eigenvalue weighted by atomic mass is 16.3. The fourth-order valence-corrected chi connectivity index (χ4v) is 18.6. The molecule has 4 spiro atoms. The van der Waals surface area contributed by atoms with Crippen molar-refractivity contribution in [3.63, 3.8) is 0 Å². The maximum Gasteiger partial charge on any atom is 0.169 e. The van der Waals surface area contributed by atoms with Gasteiger partial charge in [-0.25, -0.2) is 4.98 Å². The molecular weight excluding hydrogens is 873 g/mol. The maximum absolute atomic E-state index is 12.9. The molecule has 0 amide bonds. The fraction of sp³-hybridized carbons (Fsp3) is 0.517. The van der Waals surface area contributed by atoms with Crippen molar-refractivity contribution >= 4 is 22.9 Å². The van der Waals surface area contributed by atoms with Gasteiger partial charge in [0.25, 0.3) is 0 Å². The van der Waals surface area contributed by atoms with Crippen LogP contribution < -0.4 is 10.6 Å². The van der Waals surface area contributed by atoms with Crippen molar-refractivity contribution in [2.45, 2.75) is 145 Å². The Morgan fingerprint density at radius 3 is 2.41 bits per heavy atom. The zero-order valence-electron chi connectivity index (χ0n) is 40.3. The molecule has 10 nitrogen and oxygen atoms in total. The minimum atomic E-state index is -0.506. The summed E-state index contributed by atoms with van der Waals surface area (Å²) in [6.07, 6.45) is 32.7. The number of hydrogen-bond donors (Lipinski definition) is 9. The van der Waals surface area contributed by atoms with Crippen molar-refractivity contribution in [3.8, 4) is 28.7 Å². The van der Waals surface area contributed by atoms with E-state index in [-0.39, 0.29) is 79.3 Å². The van der Waals surface area contributed by atoms with Gasteiger partial charge in [-0.2, -0.15) is 0 Å². The molecule has 2 aliphatic heterocycles. The van der Waals surface area contributed by atoms with Crippen molar-refractivity contribution in [1.29, 1.82) is 0 Å². The standard InChI is InChI=1S/C60H70N4O6/c65-46-20-14-37(30-49(46)68)13-18-41-42-8-3-9-47(66)51(42)53(70)52(69)43(41)19-12-36-10-15-38(16-11-36)45-32-56(28-29-63-57(34-56)22-1-2-23-57)44-31-40-7-5-25-59(40)27-26-58-24-4-6-39(58)17-21-48(67)54(58)60(59,55(44)64-45)50-33-61-35-62-50/h3,8-11,13-18,20-21,30,33,35,39-40,44-45,48,54-55,63-70H,1-2,4-7,12,19,22-29,31-32,34H2,(H,61,62). The van der Waals surface area contributed by atoms with Crippen molar-refractivity contribution < 1.29 is 30.6 Å². The Kier molecular flexibility index (Phi) is 10.4. The Labute approximate surface area is 411 Å². The number of nitrogens with one attached hydrogen (secondary N) is 3. The Hall–Kier alpha value is -5.29. The topological polar surface area (TPSA) is 174 Å². The van der Waals surface area contributed by atoms with E-state index in [1.165, 1.54) is 126 Å². The number of imidazole rings is 1. The van der Waals surface area contributed by atoms with Crippen LogP contribution in [0.3, 0.4) is 0 Å². The third kappa shape index (κ3) is 6.36. The molecule has 366 valence electrons. The van der Waals surface area contributed by atoms with Crippen LogP contribution in [0, 0.1) is 39.9 Å². The number of phenolic OH excluding ortho intramolecular Hbond substituents is 5. The summed E-state index contributed by atoms with van der Waals surface area (Å²) in [4.78, 5) is 8.75. The molecule has 4 aromatic carbocycles. The number of H-pyrrole nitrogens is 1. The van der Waals surface area contributed by atoms with Gasteiger partial charge in [-0.1, -0.05) is 92.5 Å². The fourth-order valence-electron chi connectivity index (χ4n) is 18.6. The summed E-state index contributed by atoms with van der Waals surface area (Å²) in [7, 11) is 0. The number of piperidine rings is 2. The van der Waals surface area contributed by atoms with Gasteiger partial charge in [-0.3, -0.25) is 0 Å². The lowest BCUT2D eigenvalue weighted by atomic mass is 9.31. The van der Waals surface area contributed by atoms with Gasteiger partial charge in [0.1, 0.15) is 5.75 Å². The first-order valence-corrected chi connectivity index (χ1v) is 26.8. The number of nitrogens with zero attached hydrogens (tertiary/aromatic N) is 1. The molecule has 13 rings (SSSR count). The summed E-state index contributed by atoms with van der Waals surface area (Å²) >= 11 is 0. The molecule has 6 aliphatic carbocycles.